The zero-order chi connectivity index (χ0) is 16.9. The van der Waals surface area contributed by atoms with Crippen LogP contribution in [0.3, 0.4) is 0 Å². The Balaban J connectivity index is 1.72. The van der Waals surface area contributed by atoms with Gasteiger partial charge in [0.05, 0.1) is 11.2 Å². The van der Waals surface area contributed by atoms with Gasteiger partial charge in [-0.2, -0.15) is 0 Å². The number of amides is 1. The van der Waals surface area contributed by atoms with Crippen LogP contribution in [0, 0.1) is 0 Å². The van der Waals surface area contributed by atoms with E-state index >= 15 is 0 Å². The second-order valence-corrected chi connectivity index (χ2v) is 6.45. The lowest BCUT2D eigenvalue weighted by Crippen LogP contribution is -2.19. The van der Waals surface area contributed by atoms with Crippen LogP contribution < -0.4 is 15.6 Å². The van der Waals surface area contributed by atoms with E-state index in [-0.39, 0.29) is 11.2 Å². The summed E-state index contributed by atoms with van der Waals surface area (Å²) in [6.07, 6.45) is 1.50. The first-order chi connectivity index (χ1) is 11.6. The molecule has 0 atom stereocenters. The third-order valence-electron chi connectivity index (χ3n) is 3.08. The van der Waals surface area contributed by atoms with Crippen molar-refractivity contribution in [3.05, 3.63) is 73.5 Å². The Bertz CT molecular complexity index is 909. The van der Waals surface area contributed by atoms with Crippen molar-refractivity contribution in [3.8, 4) is 5.75 Å². The van der Waals surface area contributed by atoms with Crippen LogP contribution in [0.1, 0.15) is 16.1 Å². The predicted octanol–water partition coefficient (Wildman–Crippen LogP) is 3.43. The first-order valence-corrected chi connectivity index (χ1v) is 8.65. The Labute approximate surface area is 149 Å². The van der Waals surface area contributed by atoms with Gasteiger partial charge in [0.15, 0.2) is 0 Å². The normalized spacial score (nSPS) is 10.4. The first kappa shape index (κ1) is 16.4. The number of pyridine rings is 1. The molecule has 122 valence electrons. The quantitative estimate of drug-likeness (QED) is 0.680. The van der Waals surface area contributed by atoms with Crippen LogP contribution in [0.2, 0.25) is 0 Å². The van der Waals surface area contributed by atoms with Gasteiger partial charge in [-0.05, 0) is 40.2 Å². The zero-order valence-electron chi connectivity index (χ0n) is 12.3. The third kappa shape index (κ3) is 4.09. The Morgan fingerprint density at radius 3 is 3.04 bits per heavy atom. The smallest absolute Gasteiger partial charge is 0.271 e. The number of thiazole rings is 1. The van der Waals surface area contributed by atoms with Crippen molar-refractivity contribution in [1.29, 1.82) is 0 Å². The number of hydrogen-bond donors (Lipinski definition) is 2. The fourth-order valence-electron chi connectivity index (χ4n) is 1.94. The second-order valence-electron chi connectivity index (χ2n) is 4.81. The van der Waals surface area contributed by atoms with Gasteiger partial charge in [-0.1, -0.05) is 6.07 Å². The molecule has 2 heterocycles. The maximum absolute atomic E-state index is 12.3. The molecular weight excluding hydrogens is 394 g/mol. The van der Waals surface area contributed by atoms with Crippen molar-refractivity contribution in [2.24, 2.45) is 0 Å². The molecule has 1 amide bonds. The Morgan fingerprint density at radius 1 is 1.38 bits per heavy atom. The molecule has 0 saturated carbocycles. The van der Waals surface area contributed by atoms with Crippen molar-refractivity contribution in [1.82, 2.24) is 9.97 Å². The molecule has 0 saturated heterocycles. The third-order valence-corrected chi connectivity index (χ3v) is 4.18. The zero-order valence-corrected chi connectivity index (χ0v) is 14.7. The van der Waals surface area contributed by atoms with E-state index in [0.717, 1.165) is 5.69 Å². The van der Waals surface area contributed by atoms with Crippen molar-refractivity contribution in [2.75, 3.05) is 5.32 Å². The molecule has 0 radical (unpaired) electrons. The molecule has 2 aromatic heterocycles. The highest BCUT2D eigenvalue weighted by Crippen LogP contribution is 2.17. The van der Waals surface area contributed by atoms with Gasteiger partial charge in [0.2, 0.25) is 0 Å². The van der Waals surface area contributed by atoms with Crippen molar-refractivity contribution in [2.45, 2.75) is 6.61 Å². The van der Waals surface area contributed by atoms with Crippen LogP contribution in [0.15, 0.2) is 56.7 Å². The lowest BCUT2D eigenvalue weighted by atomic mass is 10.2. The monoisotopic (exact) mass is 405 g/mol. The van der Waals surface area contributed by atoms with E-state index in [2.05, 4.69) is 31.2 Å². The maximum Gasteiger partial charge on any atom is 0.271 e. The number of hydrogen-bond acceptors (Lipinski definition) is 5. The molecule has 3 aromatic rings. The SMILES string of the molecule is O=C(Nc1cc(Br)c[nH]c1=O)c1cccc(OCc2cscn2)c1. The van der Waals surface area contributed by atoms with Crippen LogP contribution in [0.5, 0.6) is 5.75 Å². The highest BCUT2D eigenvalue weighted by molar-refractivity contribution is 9.10. The molecule has 24 heavy (non-hydrogen) atoms. The Morgan fingerprint density at radius 2 is 2.25 bits per heavy atom. The standard InChI is InChI=1S/C16H12BrN3O3S/c17-11-5-14(16(22)18-6-11)20-15(21)10-2-1-3-13(4-10)23-7-12-8-24-9-19-12/h1-6,8-9H,7H2,(H,18,22)(H,20,21). The van der Waals surface area contributed by atoms with Gasteiger partial charge >= 0.3 is 0 Å². The number of carbonyl (C=O) groups is 1. The number of anilines is 1. The van der Waals surface area contributed by atoms with E-state index in [9.17, 15) is 9.59 Å². The number of carbonyl (C=O) groups excluding carboxylic acids is 1. The molecule has 0 aliphatic rings. The van der Waals surface area contributed by atoms with Crippen LogP contribution in [-0.4, -0.2) is 15.9 Å². The number of nitrogens with one attached hydrogen (secondary N) is 2. The van der Waals surface area contributed by atoms with Crippen LogP contribution >= 0.6 is 27.3 Å². The van der Waals surface area contributed by atoms with Crippen LogP contribution in [-0.2, 0) is 6.61 Å². The maximum atomic E-state index is 12.3. The molecular formula is C16H12BrN3O3S. The van der Waals surface area contributed by atoms with Gasteiger partial charge in [0, 0.05) is 21.6 Å². The van der Waals surface area contributed by atoms with Crippen molar-refractivity contribution < 1.29 is 9.53 Å². The van der Waals surface area contributed by atoms with Gasteiger partial charge in [-0.15, -0.1) is 11.3 Å². The van der Waals surface area contributed by atoms with Gasteiger partial charge in [0.1, 0.15) is 18.0 Å². The molecule has 2 N–H and O–H groups in total. The summed E-state index contributed by atoms with van der Waals surface area (Å²) in [4.78, 5) is 30.7. The first-order valence-electron chi connectivity index (χ1n) is 6.91. The minimum atomic E-state index is -0.391. The summed E-state index contributed by atoms with van der Waals surface area (Å²) >= 11 is 4.74. The van der Waals surface area contributed by atoms with Crippen LogP contribution in [0.4, 0.5) is 5.69 Å². The Kier molecular flexibility index (Phi) is 5.07. The number of benzene rings is 1. The fourth-order valence-corrected chi connectivity index (χ4v) is 2.82. The summed E-state index contributed by atoms with van der Waals surface area (Å²) in [6, 6.07) is 8.29. The van der Waals surface area contributed by atoms with Crippen molar-refractivity contribution >= 4 is 38.9 Å². The van der Waals surface area contributed by atoms with E-state index in [0.29, 0.717) is 22.4 Å². The molecule has 6 nitrogen and oxygen atoms in total. The summed E-state index contributed by atoms with van der Waals surface area (Å²) in [5.74, 6) is 0.163. The van der Waals surface area contributed by atoms with E-state index in [1.54, 1.807) is 35.8 Å². The summed E-state index contributed by atoms with van der Waals surface area (Å²) in [5, 5.41) is 4.48. The van der Waals surface area contributed by atoms with Gasteiger partial charge in [0.25, 0.3) is 11.5 Å². The van der Waals surface area contributed by atoms with Crippen molar-refractivity contribution in [3.63, 3.8) is 0 Å². The molecule has 0 fully saturated rings. The number of rotatable bonds is 5. The average Bonchev–Trinajstić information content (AvgIpc) is 3.10. The lowest BCUT2D eigenvalue weighted by molar-refractivity contribution is 0.102. The van der Waals surface area contributed by atoms with Gasteiger partial charge in [-0.25, -0.2) is 4.98 Å². The molecule has 0 unspecified atom stereocenters. The molecule has 0 bridgehead atoms. The summed E-state index contributed by atoms with van der Waals surface area (Å²) in [7, 11) is 0. The lowest BCUT2D eigenvalue weighted by Gasteiger charge is -2.08. The minimum absolute atomic E-state index is 0.170. The average molecular weight is 406 g/mol. The summed E-state index contributed by atoms with van der Waals surface area (Å²) < 4.78 is 6.29. The van der Waals surface area contributed by atoms with Gasteiger partial charge < -0.3 is 15.0 Å². The highest BCUT2D eigenvalue weighted by Gasteiger charge is 2.10. The fraction of sp³-hybridized carbons (Fsp3) is 0.0625. The number of nitrogens with zero attached hydrogens (tertiary/aromatic N) is 1. The van der Waals surface area contributed by atoms with E-state index in [4.69, 9.17) is 4.74 Å². The number of aromatic nitrogens is 2. The predicted molar refractivity (Wildman–Crippen MR) is 95.6 cm³/mol. The summed E-state index contributed by atoms with van der Waals surface area (Å²) in [5.41, 5.74) is 2.75. The number of H-pyrrole nitrogens is 1. The van der Waals surface area contributed by atoms with E-state index in [1.165, 1.54) is 17.5 Å². The number of aromatic amines is 1. The molecule has 1 aromatic carbocycles. The highest BCUT2D eigenvalue weighted by atomic mass is 79.9. The largest absolute Gasteiger partial charge is 0.487 e. The minimum Gasteiger partial charge on any atom is -0.487 e. The molecule has 0 aliphatic heterocycles. The van der Waals surface area contributed by atoms with E-state index in [1.807, 2.05) is 5.38 Å². The van der Waals surface area contributed by atoms with Gasteiger partial charge in [-0.3, -0.25) is 9.59 Å². The molecule has 0 aliphatic carbocycles. The Hall–Kier alpha value is -2.45. The number of ether oxygens (including phenoxy) is 1. The molecule has 3 rings (SSSR count). The summed E-state index contributed by atoms with van der Waals surface area (Å²) in [6.45, 7) is 0.333. The number of halogens is 1. The molecule has 8 heteroatoms. The molecule has 0 spiro atoms. The second kappa shape index (κ2) is 7.41. The van der Waals surface area contributed by atoms with Crippen LogP contribution in [0.25, 0.3) is 0 Å². The topological polar surface area (TPSA) is 84.1 Å². The van der Waals surface area contributed by atoms with E-state index < -0.39 is 5.91 Å².